The Bertz CT molecular complexity index is 716. The van der Waals surface area contributed by atoms with E-state index in [4.69, 9.17) is 9.47 Å². The molecule has 1 unspecified atom stereocenters. The van der Waals surface area contributed by atoms with Crippen molar-refractivity contribution >= 4 is 17.7 Å². The number of benzene rings is 1. The van der Waals surface area contributed by atoms with Gasteiger partial charge in [-0.05, 0) is 19.4 Å². The normalized spacial score (nSPS) is 16.7. The maximum atomic E-state index is 12.2. The first-order valence-corrected chi connectivity index (χ1v) is 7.81. The number of esters is 1. The Hall–Kier alpha value is -3.10. The SMILES string of the molecule is CCOC(=O)C1=C(COc2cccc([N+](=O)[O-])c2)NC(=O)NC1CC. The molecule has 9 nitrogen and oxygen atoms in total. The zero-order valence-corrected chi connectivity index (χ0v) is 13.9. The number of nitro benzene ring substituents is 1. The fourth-order valence-corrected chi connectivity index (χ4v) is 2.42. The molecule has 2 N–H and O–H groups in total. The Balaban J connectivity index is 2.25. The Morgan fingerprint density at radius 1 is 1.36 bits per heavy atom. The van der Waals surface area contributed by atoms with Crippen molar-refractivity contribution in [3.05, 3.63) is 45.6 Å². The van der Waals surface area contributed by atoms with Crippen molar-refractivity contribution in [2.45, 2.75) is 26.3 Å². The van der Waals surface area contributed by atoms with E-state index in [0.717, 1.165) is 0 Å². The third kappa shape index (κ3) is 4.46. The number of ether oxygens (including phenoxy) is 2. The number of carbonyl (C=O) groups excluding carboxylic acids is 2. The van der Waals surface area contributed by atoms with Crippen LogP contribution < -0.4 is 15.4 Å². The minimum absolute atomic E-state index is 0.113. The third-order valence-electron chi connectivity index (χ3n) is 3.56. The van der Waals surface area contributed by atoms with E-state index in [1.54, 1.807) is 13.0 Å². The van der Waals surface area contributed by atoms with Gasteiger partial charge in [0, 0.05) is 6.07 Å². The third-order valence-corrected chi connectivity index (χ3v) is 3.56. The lowest BCUT2D eigenvalue weighted by molar-refractivity contribution is -0.384. The summed E-state index contributed by atoms with van der Waals surface area (Å²) in [6, 6.07) is 4.72. The molecule has 0 radical (unpaired) electrons. The molecule has 25 heavy (non-hydrogen) atoms. The van der Waals surface area contributed by atoms with Gasteiger partial charge in [-0.25, -0.2) is 9.59 Å². The minimum atomic E-state index is -0.542. The molecule has 2 amide bonds. The summed E-state index contributed by atoms with van der Waals surface area (Å²) in [5.74, 6) is -0.287. The van der Waals surface area contributed by atoms with E-state index >= 15 is 0 Å². The molecule has 1 heterocycles. The number of nitro groups is 1. The predicted molar refractivity (Wildman–Crippen MR) is 88.0 cm³/mol. The molecule has 0 aromatic heterocycles. The van der Waals surface area contributed by atoms with Crippen LogP contribution in [0.4, 0.5) is 10.5 Å². The van der Waals surface area contributed by atoms with Gasteiger partial charge in [-0.1, -0.05) is 13.0 Å². The number of amides is 2. The standard InChI is InChI=1S/C16H19N3O6/c1-3-12-14(15(20)24-4-2)13(18-16(21)17-12)9-25-11-7-5-6-10(8-11)19(22)23/h5-8,12H,3-4,9H2,1-2H3,(H2,17,18,21). The van der Waals surface area contributed by atoms with Crippen LogP contribution in [0.15, 0.2) is 35.5 Å². The average Bonchev–Trinajstić information content (AvgIpc) is 2.59. The average molecular weight is 349 g/mol. The smallest absolute Gasteiger partial charge is 0.338 e. The van der Waals surface area contributed by atoms with Crippen LogP contribution in [0.1, 0.15) is 20.3 Å². The number of hydrogen-bond acceptors (Lipinski definition) is 6. The molecule has 0 fully saturated rings. The quantitative estimate of drug-likeness (QED) is 0.440. The summed E-state index contributed by atoms with van der Waals surface area (Å²) < 4.78 is 10.6. The van der Waals surface area contributed by atoms with E-state index in [1.165, 1.54) is 18.2 Å². The molecule has 0 saturated heterocycles. The van der Waals surface area contributed by atoms with E-state index in [2.05, 4.69) is 10.6 Å². The molecular weight excluding hydrogens is 330 g/mol. The lowest BCUT2D eigenvalue weighted by Crippen LogP contribution is -2.51. The topological polar surface area (TPSA) is 120 Å². The summed E-state index contributed by atoms with van der Waals surface area (Å²) in [6.45, 7) is 3.59. The molecule has 1 aromatic rings. The first kappa shape index (κ1) is 18.2. The van der Waals surface area contributed by atoms with Crippen LogP contribution in [0.2, 0.25) is 0 Å². The van der Waals surface area contributed by atoms with Crippen molar-refractivity contribution in [2.24, 2.45) is 0 Å². The van der Waals surface area contributed by atoms with Crippen molar-refractivity contribution in [2.75, 3.05) is 13.2 Å². The highest BCUT2D eigenvalue weighted by Crippen LogP contribution is 2.21. The van der Waals surface area contributed by atoms with E-state index in [9.17, 15) is 19.7 Å². The molecule has 1 aliphatic heterocycles. The maximum Gasteiger partial charge on any atom is 0.338 e. The van der Waals surface area contributed by atoms with Crippen molar-refractivity contribution in [1.29, 1.82) is 0 Å². The molecular formula is C16H19N3O6. The number of carbonyl (C=O) groups is 2. The van der Waals surface area contributed by atoms with E-state index < -0.39 is 23.0 Å². The van der Waals surface area contributed by atoms with Crippen LogP contribution in [0.3, 0.4) is 0 Å². The second-order valence-corrected chi connectivity index (χ2v) is 5.22. The maximum absolute atomic E-state index is 12.2. The van der Waals surface area contributed by atoms with Crippen molar-refractivity contribution < 1.29 is 24.0 Å². The molecule has 0 bridgehead atoms. The van der Waals surface area contributed by atoms with Crippen LogP contribution in [0, 0.1) is 10.1 Å². The van der Waals surface area contributed by atoms with Gasteiger partial charge in [0.25, 0.3) is 5.69 Å². The fourth-order valence-electron chi connectivity index (χ4n) is 2.42. The van der Waals surface area contributed by atoms with Gasteiger partial charge < -0.3 is 20.1 Å². The van der Waals surface area contributed by atoms with Gasteiger partial charge in [0.1, 0.15) is 12.4 Å². The van der Waals surface area contributed by atoms with Crippen molar-refractivity contribution in [1.82, 2.24) is 10.6 Å². The summed E-state index contributed by atoms with van der Waals surface area (Å²) >= 11 is 0. The van der Waals surface area contributed by atoms with Gasteiger partial charge in [-0.15, -0.1) is 0 Å². The highest BCUT2D eigenvalue weighted by atomic mass is 16.6. The molecule has 0 saturated carbocycles. The second-order valence-electron chi connectivity index (χ2n) is 5.22. The van der Waals surface area contributed by atoms with Gasteiger partial charge in [-0.3, -0.25) is 10.1 Å². The van der Waals surface area contributed by atoms with Crippen molar-refractivity contribution in [3.8, 4) is 5.75 Å². The van der Waals surface area contributed by atoms with Crippen LogP contribution in [-0.4, -0.2) is 36.2 Å². The summed E-state index contributed by atoms with van der Waals surface area (Å²) in [6.07, 6.45) is 0.502. The largest absolute Gasteiger partial charge is 0.487 e. The van der Waals surface area contributed by atoms with Crippen molar-refractivity contribution in [3.63, 3.8) is 0 Å². The highest BCUT2D eigenvalue weighted by molar-refractivity contribution is 5.94. The monoisotopic (exact) mass is 349 g/mol. The van der Waals surface area contributed by atoms with Crippen LogP contribution >= 0.6 is 0 Å². The Kier molecular flexibility index (Phi) is 5.93. The van der Waals surface area contributed by atoms with Crippen LogP contribution in [0.25, 0.3) is 0 Å². The number of rotatable bonds is 7. The minimum Gasteiger partial charge on any atom is -0.487 e. The summed E-state index contributed by atoms with van der Waals surface area (Å²) in [7, 11) is 0. The molecule has 134 valence electrons. The Morgan fingerprint density at radius 3 is 2.76 bits per heavy atom. The molecule has 9 heteroatoms. The first-order valence-electron chi connectivity index (χ1n) is 7.81. The molecule has 0 spiro atoms. The van der Waals surface area contributed by atoms with Gasteiger partial charge in [-0.2, -0.15) is 0 Å². The zero-order valence-electron chi connectivity index (χ0n) is 13.9. The number of hydrogen-bond donors (Lipinski definition) is 2. The Labute approximate surface area is 144 Å². The molecule has 1 atom stereocenters. The van der Waals surface area contributed by atoms with Gasteiger partial charge in [0.05, 0.1) is 34.9 Å². The van der Waals surface area contributed by atoms with Crippen LogP contribution in [-0.2, 0) is 9.53 Å². The van der Waals surface area contributed by atoms with E-state index in [-0.39, 0.29) is 35.9 Å². The first-order chi connectivity index (χ1) is 12.0. The highest BCUT2D eigenvalue weighted by Gasteiger charge is 2.31. The summed E-state index contributed by atoms with van der Waals surface area (Å²) in [5, 5.41) is 16.0. The molecule has 0 aliphatic carbocycles. The summed E-state index contributed by atoms with van der Waals surface area (Å²) in [5.41, 5.74) is 0.452. The zero-order chi connectivity index (χ0) is 18.4. The van der Waals surface area contributed by atoms with E-state index in [1.807, 2.05) is 6.92 Å². The lowest BCUT2D eigenvalue weighted by atomic mass is 10.0. The molecule has 1 aliphatic rings. The van der Waals surface area contributed by atoms with Gasteiger partial charge in [0.15, 0.2) is 0 Å². The molecule has 2 rings (SSSR count). The van der Waals surface area contributed by atoms with Gasteiger partial charge in [0.2, 0.25) is 0 Å². The van der Waals surface area contributed by atoms with Crippen LogP contribution in [0.5, 0.6) is 5.75 Å². The Morgan fingerprint density at radius 2 is 2.12 bits per heavy atom. The number of nitrogens with one attached hydrogen (secondary N) is 2. The molecule has 1 aromatic carbocycles. The fraction of sp³-hybridized carbons (Fsp3) is 0.375. The number of non-ortho nitro benzene ring substituents is 1. The van der Waals surface area contributed by atoms with Gasteiger partial charge >= 0.3 is 12.0 Å². The summed E-state index contributed by atoms with van der Waals surface area (Å²) in [4.78, 5) is 34.3. The number of urea groups is 1. The lowest BCUT2D eigenvalue weighted by Gasteiger charge is -2.28. The number of nitrogens with zero attached hydrogens (tertiary/aromatic N) is 1. The second kappa shape index (κ2) is 8.13. The predicted octanol–water partition coefficient (Wildman–Crippen LogP) is 1.88. The van der Waals surface area contributed by atoms with E-state index in [0.29, 0.717) is 6.42 Å².